The van der Waals surface area contributed by atoms with Gasteiger partial charge in [0.05, 0.1) is 6.54 Å². The molecule has 0 bridgehead atoms. The van der Waals surface area contributed by atoms with Crippen LogP contribution in [0.25, 0.3) is 6.08 Å². The number of nitrogens with one attached hydrogen (secondary N) is 2. The lowest BCUT2D eigenvalue weighted by atomic mass is 10.1. The van der Waals surface area contributed by atoms with E-state index in [9.17, 15) is 14.0 Å². The van der Waals surface area contributed by atoms with E-state index in [-0.39, 0.29) is 12.5 Å². The summed E-state index contributed by atoms with van der Waals surface area (Å²) in [4.78, 5) is 22.1. The summed E-state index contributed by atoms with van der Waals surface area (Å²) in [6.45, 7) is 2.03. The SMILES string of the molecule is CC(=O)NCCOc1ccc(C=CC(=O)NO)c(Oc2ccc(F)cc2)c1. The second kappa shape index (κ2) is 9.93. The average molecular weight is 374 g/mol. The van der Waals surface area contributed by atoms with Gasteiger partial charge in [-0.05, 0) is 42.5 Å². The first-order valence-corrected chi connectivity index (χ1v) is 8.05. The van der Waals surface area contributed by atoms with E-state index in [1.54, 1.807) is 18.2 Å². The fourth-order valence-electron chi connectivity index (χ4n) is 2.06. The third-order valence-corrected chi connectivity index (χ3v) is 3.30. The van der Waals surface area contributed by atoms with Crippen LogP contribution in [0.1, 0.15) is 12.5 Å². The van der Waals surface area contributed by atoms with Crippen molar-refractivity contribution in [3.05, 3.63) is 59.9 Å². The minimum atomic E-state index is -0.696. The standard InChI is InChI=1S/C19H19FN2O5/c1-13(23)21-10-11-26-17-6-2-14(3-9-19(24)22-25)18(12-17)27-16-7-4-15(20)5-8-16/h2-9,12,25H,10-11H2,1H3,(H,21,23)(H,22,24). The summed E-state index contributed by atoms with van der Waals surface area (Å²) in [5.74, 6) is 0.00647. The Hall–Kier alpha value is -3.39. The van der Waals surface area contributed by atoms with Crippen molar-refractivity contribution in [2.75, 3.05) is 13.2 Å². The third kappa shape index (κ3) is 6.79. The molecular weight excluding hydrogens is 355 g/mol. The monoisotopic (exact) mass is 374 g/mol. The van der Waals surface area contributed by atoms with Gasteiger partial charge >= 0.3 is 0 Å². The van der Waals surface area contributed by atoms with Gasteiger partial charge in [0.25, 0.3) is 5.91 Å². The molecule has 0 radical (unpaired) electrons. The number of hydroxylamine groups is 1. The lowest BCUT2D eigenvalue weighted by Crippen LogP contribution is -2.25. The number of hydrogen-bond donors (Lipinski definition) is 3. The van der Waals surface area contributed by atoms with Gasteiger partial charge in [0.1, 0.15) is 29.7 Å². The van der Waals surface area contributed by atoms with Gasteiger partial charge in [0.2, 0.25) is 5.91 Å². The molecular formula is C19H19FN2O5. The number of benzene rings is 2. The maximum Gasteiger partial charge on any atom is 0.267 e. The molecule has 2 rings (SSSR count). The molecule has 0 aliphatic rings. The van der Waals surface area contributed by atoms with Crippen molar-refractivity contribution in [2.45, 2.75) is 6.92 Å². The van der Waals surface area contributed by atoms with Gasteiger partial charge in [-0.1, -0.05) is 0 Å². The molecule has 142 valence electrons. The van der Waals surface area contributed by atoms with Gasteiger partial charge in [-0.3, -0.25) is 14.8 Å². The smallest absolute Gasteiger partial charge is 0.267 e. The van der Waals surface area contributed by atoms with Gasteiger partial charge in [0.15, 0.2) is 0 Å². The Kier molecular flexibility index (Phi) is 7.33. The Morgan fingerprint density at radius 3 is 2.52 bits per heavy atom. The highest BCUT2D eigenvalue weighted by Gasteiger charge is 2.07. The molecule has 2 amide bonds. The minimum absolute atomic E-state index is 0.151. The molecule has 0 unspecified atom stereocenters. The van der Waals surface area contributed by atoms with Crippen LogP contribution < -0.4 is 20.3 Å². The van der Waals surface area contributed by atoms with Crippen molar-refractivity contribution < 1.29 is 28.7 Å². The van der Waals surface area contributed by atoms with E-state index in [0.29, 0.717) is 29.4 Å². The molecule has 0 atom stereocenters. The Morgan fingerprint density at radius 2 is 1.85 bits per heavy atom. The zero-order chi connectivity index (χ0) is 19.6. The third-order valence-electron chi connectivity index (χ3n) is 3.30. The lowest BCUT2D eigenvalue weighted by molar-refractivity contribution is -0.124. The van der Waals surface area contributed by atoms with Crippen LogP contribution in [-0.2, 0) is 9.59 Å². The van der Waals surface area contributed by atoms with Crippen LogP contribution in [-0.4, -0.2) is 30.2 Å². The summed E-state index contributed by atoms with van der Waals surface area (Å²) < 4.78 is 24.4. The predicted octanol–water partition coefficient (Wildman–Crippen LogP) is 2.65. The Labute approximate surface area is 155 Å². The van der Waals surface area contributed by atoms with E-state index in [2.05, 4.69) is 5.32 Å². The molecule has 0 heterocycles. The number of carbonyl (C=O) groups excluding carboxylic acids is 2. The molecule has 0 aliphatic heterocycles. The molecule has 0 aliphatic carbocycles. The Balaban J connectivity index is 2.19. The molecule has 0 fully saturated rings. The van der Waals surface area contributed by atoms with Gasteiger partial charge in [0, 0.05) is 24.6 Å². The largest absolute Gasteiger partial charge is 0.492 e. The average Bonchev–Trinajstić information content (AvgIpc) is 2.66. The van der Waals surface area contributed by atoms with Crippen molar-refractivity contribution in [3.8, 4) is 17.2 Å². The van der Waals surface area contributed by atoms with Crippen LogP contribution in [0.3, 0.4) is 0 Å². The van der Waals surface area contributed by atoms with Crippen molar-refractivity contribution in [1.29, 1.82) is 0 Å². The lowest BCUT2D eigenvalue weighted by Gasteiger charge is -2.12. The first-order chi connectivity index (χ1) is 13.0. The number of ether oxygens (including phenoxy) is 2. The number of carbonyl (C=O) groups is 2. The maximum absolute atomic E-state index is 13.1. The zero-order valence-corrected chi connectivity index (χ0v) is 14.6. The van der Waals surface area contributed by atoms with Crippen LogP contribution >= 0.6 is 0 Å². The molecule has 3 N–H and O–H groups in total. The number of halogens is 1. The van der Waals surface area contributed by atoms with Crippen LogP contribution in [0, 0.1) is 5.82 Å². The zero-order valence-electron chi connectivity index (χ0n) is 14.6. The molecule has 7 nitrogen and oxygen atoms in total. The Morgan fingerprint density at radius 1 is 1.15 bits per heavy atom. The number of hydrogen-bond acceptors (Lipinski definition) is 5. The van der Waals surface area contributed by atoms with Gasteiger partial charge in [-0.25, -0.2) is 9.87 Å². The summed E-state index contributed by atoms with van der Waals surface area (Å²) >= 11 is 0. The summed E-state index contributed by atoms with van der Waals surface area (Å²) in [5, 5.41) is 11.2. The number of rotatable bonds is 8. The maximum atomic E-state index is 13.1. The molecule has 27 heavy (non-hydrogen) atoms. The van der Waals surface area contributed by atoms with Gasteiger partial charge < -0.3 is 14.8 Å². The minimum Gasteiger partial charge on any atom is -0.492 e. The van der Waals surface area contributed by atoms with Crippen LogP contribution in [0.15, 0.2) is 48.5 Å². The van der Waals surface area contributed by atoms with E-state index in [1.165, 1.54) is 42.7 Å². The van der Waals surface area contributed by atoms with E-state index in [1.807, 2.05) is 0 Å². The topological polar surface area (TPSA) is 96.9 Å². The fourth-order valence-corrected chi connectivity index (χ4v) is 2.06. The molecule has 0 spiro atoms. The van der Waals surface area contributed by atoms with E-state index in [4.69, 9.17) is 14.7 Å². The highest BCUT2D eigenvalue weighted by Crippen LogP contribution is 2.30. The quantitative estimate of drug-likeness (QED) is 0.286. The van der Waals surface area contributed by atoms with Crippen LogP contribution in [0.2, 0.25) is 0 Å². The summed E-state index contributed by atoms with van der Waals surface area (Å²) in [5.41, 5.74) is 2.04. The highest BCUT2D eigenvalue weighted by molar-refractivity contribution is 5.91. The summed E-state index contributed by atoms with van der Waals surface area (Å²) in [6, 6.07) is 10.4. The predicted molar refractivity (Wildman–Crippen MR) is 96.1 cm³/mol. The van der Waals surface area contributed by atoms with Crippen molar-refractivity contribution >= 4 is 17.9 Å². The van der Waals surface area contributed by atoms with Crippen LogP contribution in [0.5, 0.6) is 17.2 Å². The number of amides is 2. The Bertz CT molecular complexity index is 821. The van der Waals surface area contributed by atoms with Crippen molar-refractivity contribution in [2.24, 2.45) is 0 Å². The van der Waals surface area contributed by atoms with Gasteiger partial charge in [-0.2, -0.15) is 0 Å². The first-order valence-electron chi connectivity index (χ1n) is 8.05. The second-order valence-electron chi connectivity index (χ2n) is 5.40. The summed E-state index contributed by atoms with van der Waals surface area (Å²) in [6.07, 6.45) is 2.58. The van der Waals surface area contributed by atoms with Gasteiger partial charge in [-0.15, -0.1) is 0 Å². The molecule has 0 aromatic heterocycles. The molecule has 2 aromatic rings. The fraction of sp³-hybridized carbons (Fsp3) is 0.158. The molecule has 8 heteroatoms. The van der Waals surface area contributed by atoms with Crippen LogP contribution in [0.4, 0.5) is 4.39 Å². The first kappa shape index (κ1) is 19.9. The highest BCUT2D eigenvalue weighted by atomic mass is 19.1. The van der Waals surface area contributed by atoms with E-state index in [0.717, 1.165) is 6.08 Å². The molecule has 0 saturated heterocycles. The summed E-state index contributed by atoms with van der Waals surface area (Å²) in [7, 11) is 0. The van der Waals surface area contributed by atoms with Crippen molar-refractivity contribution in [3.63, 3.8) is 0 Å². The molecule has 2 aromatic carbocycles. The van der Waals surface area contributed by atoms with Crippen molar-refractivity contribution in [1.82, 2.24) is 10.8 Å². The normalized spacial score (nSPS) is 10.5. The second-order valence-corrected chi connectivity index (χ2v) is 5.40. The van der Waals surface area contributed by atoms with E-state index >= 15 is 0 Å². The molecule has 0 saturated carbocycles. The van der Waals surface area contributed by atoms with E-state index < -0.39 is 11.7 Å².